The first kappa shape index (κ1) is 14.1. The molecule has 0 bridgehead atoms. The van der Waals surface area contributed by atoms with E-state index < -0.39 is 6.29 Å². The highest BCUT2D eigenvalue weighted by Crippen LogP contribution is 2.35. The molecule has 1 aliphatic carbocycles. The lowest BCUT2D eigenvalue weighted by molar-refractivity contribution is -0.110. The maximum absolute atomic E-state index is 10.8. The Balaban J connectivity index is 1.70. The Morgan fingerprint density at radius 1 is 1.13 bits per heavy atom. The van der Waals surface area contributed by atoms with Gasteiger partial charge in [0.15, 0.2) is 12.0 Å². The number of hydrogen-bond donors (Lipinski definition) is 0. The van der Waals surface area contributed by atoms with Gasteiger partial charge in [0.2, 0.25) is 0 Å². The number of carbonyl (C=O) groups is 1. The Bertz CT molecular complexity index is 805. The van der Waals surface area contributed by atoms with Crippen molar-refractivity contribution in [3.63, 3.8) is 0 Å². The number of aryl methyl sites for hydroxylation is 2. The zero-order valence-electron chi connectivity index (χ0n) is 13.0. The molecule has 4 rings (SSSR count). The molecule has 0 radical (unpaired) electrons. The quantitative estimate of drug-likeness (QED) is 0.796. The molecule has 2 aliphatic rings. The van der Waals surface area contributed by atoms with Crippen LogP contribution in [-0.2, 0) is 27.1 Å². The van der Waals surface area contributed by atoms with Gasteiger partial charge in [0, 0.05) is 5.56 Å². The minimum Gasteiger partial charge on any atom is -0.454 e. The highest BCUT2D eigenvalue weighted by atomic mass is 16.7. The van der Waals surface area contributed by atoms with Crippen molar-refractivity contribution in [1.29, 1.82) is 0 Å². The summed E-state index contributed by atoms with van der Waals surface area (Å²) in [6.07, 6.45) is 5.12. The molecule has 0 saturated carbocycles. The van der Waals surface area contributed by atoms with Gasteiger partial charge in [-0.25, -0.2) is 0 Å². The van der Waals surface area contributed by atoms with E-state index in [1.165, 1.54) is 47.8 Å². The Hall–Kier alpha value is -2.55. The van der Waals surface area contributed by atoms with Crippen molar-refractivity contribution >= 4 is 6.29 Å². The monoisotopic (exact) mass is 306 g/mol. The van der Waals surface area contributed by atoms with Crippen LogP contribution < -0.4 is 0 Å². The fraction of sp³-hybridized carbons (Fsp3) is 0.250. The van der Waals surface area contributed by atoms with Crippen LogP contribution >= 0.6 is 0 Å². The van der Waals surface area contributed by atoms with Gasteiger partial charge in [-0.1, -0.05) is 36.4 Å². The first-order valence-electron chi connectivity index (χ1n) is 7.95. The van der Waals surface area contributed by atoms with Crippen LogP contribution in [0, 0.1) is 6.92 Å². The summed E-state index contributed by atoms with van der Waals surface area (Å²) in [6.45, 7) is 2.07. The van der Waals surface area contributed by atoms with Crippen LogP contribution in [0.5, 0.6) is 0 Å². The lowest BCUT2D eigenvalue weighted by Gasteiger charge is -2.17. The molecule has 0 spiro atoms. The fourth-order valence-electron chi connectivity index (χ4n) is 3.46. The number of rotatable bonds is 3. The van der Waals surface area contributed by atoms with E-state index in [2.05, 4.69) is 31.2 Å². The normalized spacial score (nSPS) is 18.8. The molecule has 23 heavy (non-hydrogen) atoms. The van der Waals surface area contributed by atoms with E-state index in [0.29, 0.717) is 6.29 Å². The lowest BCUT2D eigenvalue weighted by Crippen LogP contribution is -2.03. The van der Waals surface area contributed by atoms with Crippen molar-refractivity contribution in [2.75, 3.05) is 0 Å². The van der Waals surface area contributed by atoms with Crippen LogP contribution in [0.1, 0.15) is 35.0 Å². The average Bonchev–Trinajstić information content (AvgIpc) is 3.23. The second-order valence-electron chi connectivity index (χ2n) is 6.08. The van der Waals surface area contributed by atoms with E-state index in [0.717, 1.165) is 11.1 Å². The van der Waals surface area contributed by atoms with Gasteiger partial charge in [0.1, 0.15) is 6.26 Å². The Kier molecular flexibility index (Phi) is 3.41. The molecule has 3 heteroatoms. The average molecular weight is 306 g/mol. The fourth-order valence-corrected chi connectivity index (χ4v) is 3.46. The predicted octanol–water partition coefficient (Wildman–Crippen LogP) is 4.24. The highest BCUT2D eigenvalue weighted by Gasteiger charge is 2.24. The summed E-state index contributed by atoms with van der Waals surface area (Å²) in [7, 11) is 0. The molecule has 0 N–H and O–H groups in total. The van der Waals surface area contributed by atoms with Crippen LogP contribution in [0.3, 0.4) is 0 Å². The van der Waals surface area contributed by atoms with Gasteiger partial charge in [-0.15, -0.1) is 0 Å². The number of allylic oxidation sites excluding steroid dienone is 1. The van der Waals surface area contributed by atoms with Gasteiger partial charge in [0.05, 0.1) is 0 Å². The zero-order valence-corrected chi connectivity index (χ0v) is 13.0. The van der Waals surface area contributed by atoms with E-state index in [-0.39, 0.29) is 5.76 Å². The third-order valence-electron chi connectivity index (χ3n) is 4.71. The van der Waals surface area contributed by atoms with Gasteiger partial charge >= 0.3 is 0 Å². The van der Waals surface area contributed by atoms with Crippen molar-refractivity contribution < 1.29 is 14.3 Å². The summed E-state index contributed by atoms with van der Waals surface area (Å²) in [6, 6.07) is 12.9. The van der Waals surface area contributed by atoms with Crippen molar-refractivity contribution in [3.05, 3.63) is 70.7 Å². The largest absolute Gasteiger partial charge is 0.454 e. The Morgan fingerprint density at radius 2 is 2.00 bits per heavy atom. The van der Waals surface area contributed by atoms with Crippen LogP contribution in [0.15, 0.2) is 48.4 Å². The van der Waals surface area contributed by atoms with E-state index in [1.807, 2.05) is 12.1 Å². The van der Waals surface area contributed by atoms with Crippen LogP contribution in [0.2, 0.25) is 0 Å². The summed E-state index contributed by atoms with van der Waals surface area (Å²) < 4.78 is 11.0. The van der Waals surface area contributed by atoms with Crippen LogP contribution in [-0.4, -0.2) is 6.29 Å². The second kappa shape index (κ2) is 5.58. The number of hydrogen-bond acceptors (Lipinski definition) is 3. The van der Waals surface area contributed by atoms with E-state index in [1.54, 1.807) is 0 Å². The molecule has 2 aromatic rings. The molecule has 1 atom stereocenters. The zero-order chi connectivity index (χ0) is 15.8. The third kappa shape index (κ3) is 2.42. The van der Waals surface area contributed by atoms with E-state index in [4.69, 9.17) is 9.47 Å². The smallest absolute Gasteiger partial charge is 0.267 e. The van der Waals surface area contributed by atoms with Gasteiger partial charge in [-0.3, -0.25) is 4.79 Å². The van der Waals surface area contributed by atoms with Gasteiger partial charge in [-0.2, -0.15) is 0 Å². The first-order valence-corrected chi connectivity index (χ1v) is 7.95. The first-order chi connectivity index (χ1) is 11.3. The summed E-state index contributed by atoms with van der Waals surface area (Å²) in [5.74, 6) is 0.234. The highest BCUT2D eigenvalue weighted by molar-refractivity contribution is 5.71. The third-order valence-corrected chi connectivity index (χ3v) is 4.71. The minimum atomic E-state index is -0.537. The van der Waals surface area contributed by atoms with E-state index >= 15 is 0 Å². The molecular weight excluding hydrogens is 288 g/mol. The molecule has 0 saturated heterocycles. The molecule has 1 unspecified atom stereocenters. The number of fused-ring (bicyclic) bond motifs is 1. The number of ether oxygens (including phenoxy) is 2. The summed E-state index contributed by atoms with van der Waals surface area (Å²) >= 11 is 0. The maximum atomic E-state index is 10.8. The molecular formula is C20H18O3. The van der Waals surface area contributed by atoms with Crippen LogP contribution in [0.25, 0.3) is 11.1 Å². The number of benzene rings is 2. The molecule has 1 heterocycles. The number of carbonyl (C=O) groups excluding carboxylic acids is 1. The topological polar surface area (TPSA) is 35.5 Å². The minimum absolute atomic E-state index is 0.234. The van der Waals surface area contributed by atoms with Crippen molar-refractivity contribution in [3.8, 4) is 11.1 Å². The van der Waals surface area contributed by atoms with Crippen molar-refractivity contribution in [1.82, 2.24) is 0 Å². The second-order valence-corrected chi connectivity index (χ2v) is 6.08. The SMILES string of the molecule is Cc1c(-c2ccc3c(c2)CCC3)cccc1C1OC=C(C=O)O1. The van der Waals surface area contributed by atoms with Crippen molar-refractivity contribution in [2.45, 2.75) is 32.5 Å². The Morgan fingerprint density at radius 3 is 2.83 bits per heavy atom. The van der Waals surface area contributed by atoms with Crippen LogP contribution in [0.4, 0.5) is 0 Å². The summed E-state index contributed by atoms with van der Waals surface area (Å²) in [5, 5.41) is 0. The van der Waals surface area contributed by atoms with Gasteiger partial charge in [0.25, 0.3) is 6.29 Å². The maximum Gasteiger partial charge on any atom is 0.267 e. The Labute approximate surface area is 135 Å². The van der Waals surface area contributed by atoms with Crippen molar-refractivity contribution in [2.24, 2.45) is 0 Å². The predicted molar refractivity (Wildman–Crippen MR) is 87.7 cm³/mol. The molecule has 3 nitrogen and oxygen atoms in total. The molecule has 0 aromatic heterocycles. The molecule has 2 aromatic carbocycles. The number of aldehydes is 1. The lowest BCUT2D eigenvalue weighted by atomic mass is 9.94. The summed E-state index contributed by atoms with van der Waals surface area (Å²) in [5.41, 5.74) is 7.43. The summed E-state index contributed by atoms with van der Waals surface area (Å²) in [4.78, 5) is 10.8. The standard InChI is InChI=1S/C20H18O3/c1-13-18(16-9-8-14-4-2-5-15(14)10-16)6-3-7-19(13)20-22-12-17(11-21)23-20/h3,6-12,20H,2,4-5H2,1H3. The molecule has 0 amide bonds. The van der Waals surface area contributed by atoms with Gasteiger partial charge in [-0.05, 0) is 54.0 Å². The molecule has 1 aliphatic heterocycles. The van der Waals surface area contributed by atoms with E-state index in [9.17, 15) is 4.79 Å². The molecule has 0 fully saturated rings. The molecule has 116 valence electrons. The van der Waals surface area contributed by atoms with Gasteiger partial charge < -0.3 is 9.47 Å².